The summed E-state index contributed by atoms with van der Waals surface area (Å²) < 4.78 is 34.7. The van der Waals surface area contributed by atoms with Crippen LogP contribution in [0.1, 0.15) is 12.2 Å². The molecule has 1 aromatic carbocycles. The molecule has 4 heterocycles. The molecule has 11 heteroatoms. The van der Waals surface area contributed by atoms with E-state index in [0.717, 1.165) is 6.41 Å². The maximum atomic E-state index is 13.9. The molecule has 0 saturated carbocycles. The molecule has 2 aliphatic heterocycles. The predicted molar refractivity (Wildman–Crippen MR) is 114 cm³/mol. The first-order chi connectivity index (χ1) is 15.6. The molecule has 2 fully saturated rings. The van der Waals surface area contributed by atoms with Gasteiger partial charge in [-0.1, -0.05) is 12.1 Å². The maximum Gasteiger partial charge on any atom is 0.296 e. The molecule has 1 amide bonds. The van der Waals surface area contributed by atoms with Crippen LogP contribution in [0.5, 0.6) is 0 Å². The lowest BCUT2D eigenvalue weighted by Crippen LogP contribution is -2.46. The highest BCUT2D eigenvalue weighted by molar-refractivity contribution is 5.78. The Balaban J connectivity index is 1.63. The fourth-order valence-corrected chi connectivity index (χ4v) is 4.08. The van der Waals surface area contributed by atoms with Crippen molar-refractivity contribution >= 4 is 29.1 Å². The number of morpholine rings is 1. The number of hydrogen-bond acceptors (Lipinski definition) is 7. The molecule has 3 aromatic rings. The minimum Gasteiger partial charge on any atom is -0.378 e. The van der Waals surface area contributed by atoms with Crippen LogP contribution < -0.4 is 9.80 Å². The SMILES string of the molecule is O=CN1CCN(c2cc(N3CCOCC3)nc(-n3c(C(F)F)nc4ccccc43)n2)CC1. The third kappa shape index (κ3) is 3.83. The number of nitrogens with zero attached hydrogens (tertiary/aromatic N) is 7. The Kier molecular flexibility index (Phi) is 5.56. The summed E-state index contributed by atoms with van der Waals surface area (Å²) in [6, 6.07) is 8.86. The molecule has 0 aliphatic carbocycles. The third-order valence-corrected chi connectivity index (χ3v) is 5.79. The largest absolute Gasteiger partial charge is 0.378 e. The number of piperazine rings is 1. The van der Waals surface area contributed by atoms with E-state index in [-0.39, 0.29) is 11.8 Å². The van der Waals surface area contributed by atoms with E-state index in [1.54, 1.807) is 29.2 Å². The number of halogens is 2. The van der Waals surface area contributed by atoms with Crippen LogP contribution >= 0.6 is 0 Å². The van der Waals surface area contributed by atoms with E-state index in [9.17, 15) is 13.6 Å². The fraction of sp³-hybridized carbons (Fsp3) is 0.429. The molecule has 2 saturated heterocycles. The second kappa shape index (κ2) is 8.65. The van der Waals surface area contributed by atoms with Crippen molar-refractivity contribution in [2.45, 2.75) is 6.43 Å². The average Bonchev–Trinajstić information content (AvgIpc) is 3.24. The van der Waals surface area contributed by atoms with Gasteiger partial charge in [-0.05, 0) is 12.1 Å². The van der Waals surface area contributed by atoms with E-state index in [0.29, 0.717) is 75.2 Å². The first kappa shape index (κ1) is 20.6. The number of anilines is 2. The van der Waals surface area contributed by atoms with Crippen molar-refractivity contribution in [1.29, 1.82) is 0 Å². The van der Waals surface area contributed by atoms with Gasteiger partial charge in [-0.3, -0.25) is 9.36 Å². The predicted octanol–water partition coefficient (Wildman–Crippen LogP) is 1.87. The molecule has 9 nitrogen and oxygen atoms in total. The Bertz CT molecular complexity index is 1110. The molecule has 2 aromatic heterocycles. The van der Waals surface area contributed by atoms with Gasteiger partial charge in [0.15, 0.2) is 5.82 Å². The molecule has 0 bridgehead atoms. The maximum absolute atomic E-state index is 13.9. The zero-order valence-electron chi connectivity index (χ0n) is 17.4. The van der Waals surface area contributed by atoms with Crippen LogP contribution in [-0.4, -0.2) is 83.3 Å². The van der Waals surface area contributed by atoms with E-state index in [4.69, 9.17) is 4.74 Å². The number of amides is 1. The lowest BCUT2D eigenvalue weighted by molar-refractivity contribution is -0.118. The summed E-state index contributed by atoms with van der Waals surface area (Å²) in [4.78, 5) is 30.4. The number of para-hydroxylation sites is 2. The Morgan fingerprint density at radius 1 is 0.906 bits per heavy atom. The van der Waals surface area contributed by atoms with E-state index in [1.165, 1.54) is 4.57 Å². The minimum absolute atomic E-state index is 0.158. The Labute approximate surface area is 183 Å². The van der Waals surface area contributed by atoms with Gasteiger partial charge in [0.2, 0.25) is 12.4 Å². The number of imidazole rings is 1. The van der Waals surface area contributed by atoms with Gasteiger partial charge in [-0.25, -0.2) is 13.8 Å². The lowest BCUT2D eigenvalue weighted by atomic mass is 10.3. The van der Waals surface area contributed by atoms with Crippen LogP contribution in [0, 0.1) is 0 Å². The second-order valence-corrected chi connectivity index (χ2v) is 7.71. The van der Waals surface area contributed by atoms with Crippen LogP contribution in [0.2, 0.25) is 0 Å². The molecule has 0 unspecified atom stereocenters. The number of carbonyl (C=O) groups excluding carboxylic acids is 1. The van der Waals surface area contributed by atoms with E-state index in [2.05, 4.69) is 24.8 Å². The highest BCUT2D eigenvalue weighted by atomic mass is 19.3. The Hall–Kier alpha value is -3.34. The van der Waals surface area contributed by atoms with Gasteiger partial charge in [0, 0.05) is 45.3 Å². The van der Waals surface area contributed by atoms with Crippen molar-refractivity contribution in [1.82, 2.24) is 24.4 Å². The molecule has 0 radical (unpaired) electrons. The van der Waals surface area contributed by atoms with Gasteiger partial charge in [0.1, 0.15) is 11.6 Å². The van der Waals surface area contributed by atoms with Crippen molar-refractivity contribution in [2.75, 3.05) is 62.3 Å². The fourth-order valence-electron chi connectivity index (χ4n) is 4.08. The van der Waals surface area contributed by atoms with Gasteiger partial charge in [0.05, 0.1) is 24.2 Å². The van der Waals surface area contributed by atoms with Crippen molar-refractivity contribution < 1.29 is 18.3 Å². The van der Waals surface area contributed by atoms with Crippen LogP contribution in [0.4, 0.5) is 20.4 Å². The van der Waals surface area contributed by atoms with Crippen molar-refractivity contribution in [3.8, 4) is 5.95 Å². The summed E-state index contributed by atoms with van der Waals surface area (Å²) >= 11 is 0. The van der Waals surface area contributed by atoms with Gasteiger partial charge < -0.3 is 19.4 Å². The van der Waals surface area contributed by atoms with Crippen LogP contribution in [0.3, 0.4) is 0 Å². The van der Waals surface area contributed by atoms with Crippen molar-refractivity contribution in [3.05, 3.63) is 36.2 Å². The van der Waals surface area contributed by atoms with Crippen LogP contribution in [-0.2, 0) is 9.53 Å². The smallest absolute Gasteiger partial charge is 0.296 e. The molecule has 168 valence electrons. The number of rotatable bonds is 5. The zero-order valence-corrected chi connectivity index (χ0v) is 17.4. The van der Waals surface area contributed by atoms with E-state index >= 15 is 0 Å². The van der Waals surface area contributed by atoms with Crippen molar-refractivity contribution in [2.24, 2.45) is 0 Å². The summed E-state index contributed by atoms with van der Waals surface area (Å²) in [5, 5.41) is 0. The molecule has 5 rings (SSSR count). The van der Waals surface area contributed by atoms with E-state index < -0.39 is 6.43 Å². The standard InChI is InChI=1S/C21H23F2N7O2/c22-19(23)20-24-15-3-1-2-4-16(15)30(20)21-25-17(28-7-5-27(14-31)6-8-28)13-18(26-21)29-9-11-32-12-10-29/h1-4,13-14,19H,5-12H2. The third-order valence-electron chi connectivity index (χ3n) is 5.79. The summed E-state index contributed by atoms with van der Waals surface area (Å²) in [7, 11) is 0. The first-order valence-corrected chi connectivity index (χ1v) is 10.6. The van der Waals surface area contributed by atoms with Gasteiger partial charge in [-0.2, -0.15) is 9.97 Å². The topological polar surface area (TPSA) is 79.6 Å². The van der Waals surface area contributed by atoms with Gasteiger partial charge in [0.25, 0.3) is 6.43 Å². The average molecular weight is 443 g/mol. The van der Waals surface area contributed by atoms with Crippen LogP contribution in [0.15, 0.2) is 30.3 Å². The number of carbonyl (C=O) groups is 1. The Morgan fingerprint density at radius 2 is 1.56 bits per heavy atom. The normalized spacial score (nSPS) is 17.4. The number of benzene rings is 1. The monoisotopic (exact) mass is 443 g/mol. The van der Waals surface area contributed by atoms with Gasteiger partial charge >= 0.3 is 0 Å². The first-order valence-electron chi connectivity index (χ1n) is 10.6. The molecule has 32 heavy (non-hydrogen) atoms. The minimum atomic E-state index is -2.78. The van der Waals surface area contributed by atoms with Crippen LogP contribution in [0.25, 0.3) is 17.0 Å². The summed E-state index contributed by atoms with van der Waals surface area (Å²) in [5.74, 6) is 1.07. The van der Waals surface area contributed by atoms with E-state index in [1.807, 2.05) is 6.07 Å². The Morgan fingerprint density at radius 3 is 2.22 bits per heavy atom. The molecule has 0 atom stereocenters. The highest BCUT2D eigenvalue weighted by Crippen LogP contribution is 2.29. The number of alkyl halides is 2. The summed E-state index contributed by atoms with van der Waals surface area (Å²) in [6.07, 6.45) is -1.94. The van der Waals surface area contributed by atoms with Gasteiger partial charge in [-0.15, -0.1) is 0 Å². The molecular formula is C21H23F2N7O2. The molecular weight excluding hydrogens is 420 g/mol. The molecule has 0 N–H and O–H groups in total. The number of ether oxygens (including phenoxy) is 1. The number of aromatic nitrogens is 4. The number of fused-ring (bicyclic) bond motifs is 1. The second-order valence-electron chi connectivity index (χ2n) is 7.71. The molecule has 2 aliphatic rings. The zero-order chi connectivity index (χ0) is 22.1. The van der Waals surface area contributed by atoms with Crippen molar-refractivity contribution in [3.63, 3.8) is 0 Å². The highest BCUT2D eigenvalue weighted by Gasteiger charge is 2.25. The summed E-state index contributed by atoms with van der Waals surface area (Å²) in [5.41, 5.74) is 0.989. The molecule has 0 spiro atoms. The quantitative estimate of drug-likeness (QED) is 0.557. The lowest BCUT2D eigenvalue weighted by Gasteiger charge is -2.34. The summed E-state index contributed by atoms with van der Waals surface area (Å²) in [6.45, 7) is 4.81. The number of hydrogen-bond donors (Lipinski definition) is 0.